The fraction of sp³-hybridized carbons (Fsp3) is 0.188. The van der Waals surface area contributed by atoms with E-state index in [1.54, 1.807) is 42.5 Å². The van der Waals surface area contributed by atoms with E-state index in [9.17, 15) is 18.3 Å². The molecule has 0 bridgehead atoms. The highest BCUT2D eigenvalue weighted by molar-refractivity contribution is 7.92. The largest absolute Gasteiger partial charge is 0.480 e. The summed E-state index contributed by atoms with van der Waals surface area (Å²) in [7, 11) is -3.86. The minimum Gasteiger partial charge on any atom is -0.480 e. The van der Waals surface area contributed by atoms with Gasteiger partial charge in [-0.1, -0.05) is 41.9 Å². The molecule has 0 spiro atoms. The third-order valence-electron chi connectivity index (χ3n) is 4.18. The van der Waals surface area contributed by atoms with Crippen molar-refractivity contribution in [1.29, 1.82) is 0 Å². The van der Waals surface area contributed by atoms with Crippen LogP contribution in [0.25, 0.3) is 0 Å². The maximum atomic E-state index is 12.8. The molecule has 1 aliphatic rings. The van der Waals surface area contributed by atoms with Gasteiger partial charge in [-0.05, 0) is 29.8 Å². The zero-order chi connectivity index (χ0) is 16.8. The van der Waals surface area contributed by atoms with Gasteiger partial charge in [-0.2, -0.15) is 0 Å². The van der Waals surface area contributed by atoms with Gasteiger partial charge < -0.3 is 10.8 Å². The number of benzene rings is 2. The molecule has 7 heteroatoms. The molecular formula is C16H14ClNO4S. The van der Waals surface area contributed by atoms with Gasteiger partial charge in [0, 0.05) is 10.9 Å². The van der Waals surface area contributed by atoms with Gasteiger partial charge in [0.15, 0.2) is 9.84 Å². The summed E-state index contributed by atoms with van der Waals surface area (Å²) < 4.78 is 25.6. The first-order chi connectivity index (χ1) is 10.8. The summed E-state index contributed by atoms with van der Waals surface area (Å²) in [5.74, 6) is -2.15. The van der Waals surface area contributed by atoms with Crippen LogP contribution in [0.3, 0.4) is 0 Å². The number of hydrogen-bond donors (Lipinski definition) is 2. The first kappa shape index (κ1) is 16.0. The Morgan fingerprint density at radius 2 is 1.65 bits per heavy atom. The predicted octanol–water partition coefficient (Wildman–Crippen LogP) is 2.06. The average Bonchev–Trinajstić information content (AvgIpc) is 3.18. The van der Waals surface area contributed by atoms with Gasteiger partial charge in [0.1, 0.15) is 10.8 Å². The Labute approximate surface area is 138 Å². The molecule has 120 valence electrons. The van der Waals surface area contributed by atoms with Gasteiger partial charge >= 0.3 is 5.97 Å². The van der Waals surface area contributed by atoms with E-state index in [0.717, 1.165) is 0 Å². The molecule has 1 saturated carbocycles. The number of hydrogen-bond acceptors (Lipinski definition) is 4. The van der Waals surface area contributed by atoms with E-state index in [1.165, 1.54) is 12.1 Å². The Morgan fingerprint density at radius 1 is 1.09 bits per heavy atom. The van der Waals surface area contributed by atoms with E-state index >= 15 is 0 Å². The lowest BCUT2D eigenvalue weighted by Gasteiger charge is -2.06. The van der Waals surface area contributed by atoms with Gasteiger partial charge in [0.05, 0.1) is 4.90 Å². The van der Waals surface area contributed by atoms with Crippen LogP contribution in [-0.4, -0.2) is 30.3 Å². The summed E-state index contributed by atoms with van der Waals surface area (Å²) in [5.41, 5.74) is 4.66. The Morgan fingerprint density at radius 3 is 2.17 bits per heavy atom. The van der Waals surface area contributed by atoms with Crippen LogP contribution >= 0.6 is 11.6 Å². The average molecular weight is 352 g/mol. The second-order valence-electron chi connectivity index (χ2n) is 5.55. The highest BCUT2D eigenvalue weighted by Crippen LogP contribution is 2.55. The maximum absolute atomic E-state index is 12.8. The molecule has 3 rings (SSSR count). The molecule has 0 aromatic heterocycles. The number of sulfone groups is 1. The normalized spacial score (nSPS) is 26.7. The minimum atomic E-state index is -3.86. The first-order valence-corrected chi connectivity index (χ1v) is 8.78. The monoisotopic (exact) mass is 351 g/mol. The molecule has 0 aliphatic heterocycles. The van der Waals surface area contributed by atoms with Crippen molar-refractivity contribution in [2.45, 2.75) is 21.6 Å². The van der Waals surface area contributed by atoms with Crippen molar-refractivity contribution in [1.82, 2.24) is 0 Å². The number of carboxylic acid groups (broad SMARTS) is 1. The number of carboxylic acids is 1. The van der Waals surface area contributed by atoms with Crippen LogP contribution in [0.1, 0.15) is 11.5 Å². The fourth-order valence-corrected chi connectivity index (χ4v) is 5.32. The number of rotatable bonds is 4. The molecule has 0 amide bonds. The van der Waals surface area contributed by atoms with E-state index in [-0.39, 0.29) is 4.90 Å². The van der Waals surface area contributed by atoms with Gasteiger partial charge in [0.2, 0.25) is 0 Å². The molecule has 23 heavy (non-hydrogen) atoms. The highest BCUT2D eigenvalue weighted by Gasteiger charge is 2.74. The van der Waals surface area contributed by atoms with Gasteiger partial charge in [-0.25, -0.2) is 8.42 Å². The van der Waals surface area contributed by atoms with E-state index in [1.807, 2.05) is 0 Å². The second kappa shape index (κ2) is 5.33. The zero-order valence-corrected chi connectivity index (χ0v) is 13.5. The van der Waals surface area contributed by atoms with E-state index in [4.69, 9.17) is 17.3 Å². The molecule has 1 fully saturated rings. The van der Waals surface area contributed by atoms with Crippen molar-refractivity contribution in [2.75, 3.05) is 0 Å². The topological polar surface area (TPSA) is 97.5 Å². The van der Waals surface area contributed by atoms with Crippen molar-refractivity contribution in [3.05, 3.63) is 65.2 Å². The van der Waals surface area contributed by atoms with Crippen molar-refractivity contribution >= 4 is 27.4 Å². The van der Waals surface area contributed by atoms with Crippen LogP contribution in [0.2, 0.25) is 5.02 Å². The molecule has 2 aromatic carbocycles. The number of aliphatic carboxylic acids is 1. The lowest BCUT2D eigenvalue weighted by atomic mass is 10.1. The Bertz CT molecular complexity index is 851. The zero-order valence-electron chi connectivity index (χ0n) is 11.9. The molecule has 3 atom stereocenters. The van der Waals surface area contributed by atoms with Crippen molar-refractivity contribution in [2.24, 2.45) is 5.73 Å². The summed E-state index contributed by atoms with van der Waals surface area (Å²) in [4.78, 5) is 11.7. The minimum absolute atomic E-state index is 0.0672. The smallest absolute Gasteiger partial charge is 0.325 e. The third-order valence-corrected chi connectivity index (χ3v) is 6.70. The molecule has 0 radical (unpaired) electrons. The standard InChI is InChI=1S/C16H14ClNO4S/c17-11-8-6-10(7-9-11)13-14(16(13,18)15(19)20)23(21,22)12-4-2-1-3-5-12/h1-9,13-14H,18H2,(H,19,20)/t13-,14+,16-/m1/s1. The summed E-state index contributed by atoms with van der Waals surface area (Å²) in [6.45, 7) is 0. The molecular weight excluding hydrogens is 338 g/mol. The first-order valence-electron chi connectivity index (χ1n) is 6.86. The van der Waals surface area contributed by atoms with Gasteiger partial charge in [-0.15, -0.1) is 0 Å². The van der Waals surface area contributed by atoms with E-state index in [2.05, 4.69) is 0 Å². The van der Waals surface area contributed by atoms with E-state index < -0.39 is 32.5 Å². The summed E-state index contributed by atoms with van der Waals surface area (Å²) in [6, 6.07) is 14.1. The van der Waals surface area contributed by atoms with Crippen molar-refractivity contribution < 1.29 is 18.3 Å². The predicted molar refractivity (Wildman–Crippen MR) is 86.2 cm³/mol. The van der Waals surface area contributed by atoms with Gasteiger partial charge in [0.25, 0.3) is 0 Å². The van der Waals surface area contributed by atoms with Crippen LogP contribution in [-0.2, 0) is 14.6 Å². The fourth-order valence-electron chi connectivity index (χ4n) is 2.94. The molecule has 0 saturated heterocycles. The molecule has 0 unspecified atom stereocenters. The highest BCUT2D eigenvalue weighted by atomic mass is 35.5. The summed E-state index contributed by atoms with van der Waals surface area (Å²) in [6.07, 6.45) is 0. The van der Waals surface area contributed by atoms with Crippen LogP contribution < -0.4 is 5.73 Å². The Balaban J connectivity index is 2.07. The maximum Gasteiger partial charge on any atom is 0.325 e. The molecule has 2 aromatic rings. The number of nitrogens with two attached hydrogens (primary N) is 1. The van der Waals surface area contributed by atoms with Crippen molar-refractivity contribution in [3.8, 4) is 0 Å². The number of halogens is 1. The lowest BCUT2D eigenvalue weighted by Crippen LogP contribution is -2.39. The Kier molecular flexibility index (Phi) is 3.71. The van der Waals surface area contributed by atoms with Crippen molar-refractivity contribution in [3.63, 3.8) is 0 Å². The summed E-state index contributed by atoms with van der Waals surface area (Å²) in [5, 5.41) is 8.73. The van der Waals surface area contributed by atoms with Crippen LogP contribution in [0.4, 0.5) is 0 Å². The number of carbonyl (C=O) groups is 1. The molecule has 5 nitrogen and oxygen atoms in total. The lowest BCUT2D eigenvalue weighted by molar-refractivity contribution is -0.139. The van der Waals surface area contributed by atoms with Crippen LogP contribution in [0.5, 0.6) is 0 Å². The summed E-state index contributed by atoms with van der Waals surface area (Å²) >= 11 is 5.83. The second-order valence-corrected chi connectivity index (χ2v) is 8.05. The molecule has 1 aliphatic carbocycles. The quantitative estimate of drug-likeness (QED) is 0.878. The van der Waals surface area contributed by atoms with Crippen LogP contribution in [0.15, 0.2) is 59.5 Å². The van der Waals surface area contributed by atoms with Gasteiger partial charge in [-0.3, -0.25) is 4.79 Å². The van der Waals surface area contributed by atoms with E-state index in [0.29, 0.717) is 10.6 Å². The Hall–Kier alpha value is -1.89. The molecule has 0 heterocycles. The van der Waals surface area contributed by atoms with Crippen LogP contribution in [0, 0.1) is 0 Å². The molecule has 3 N–H and O–H groups in total. The third kappa shape index (κ3) is 2.43. The SMILES string of the molecule is N[C@]1(C(=O)O)[C@H](c2ccc(Cl)cc2)[C@@H]1S(=O)(=O)c1ccccc1.